The van der Waals surface area contributed by atoms with Gasteiger partial charge in [-0.3, -0.25) is 9.59 Å². The molecule has 0 saturated carbocycles. The van der Waals surface area contributed by atoms with Gasteiger partial charge in [-0.2, -0.15) is 0 Å². The Morgan fingerprint density at radius 1 is 1.06 bits per heavy atom. The van der Waals surface area contributed by atoms with E-state index in [0.29, 0.717) is 30.4 Å². The lowest BCUT2D eigenvalue weighted by molar-refractivity contribution is -0.124. The van der Waals surface area contributed by atoms with Gasteiger partial charge in [0.25, 0.3) is 5.91 Å². The molecular formula is C25H31N3O4. The molecular weight excluding hydrogens is 406 g/mol. The standard InChI is InChI=1S/C25H31N3O4/c1-4-16-32-21-12-10-19(11-13-21)26-23(29)17-22-24(30)28(20-8-6-5-7-9-20)25(31)27(22)15-14-18(2)3/h5-13,18,22H,4,14-17H2,1-3H3,(H,26,29)/t22-/m1/s1. The van der Waals surface area contributed by atoms with E-state index in [1.54, 1.807) is 48.5 Å². The van der Waals surface area contributed by atoms with E-state index in [0.717, 1.165) is 18.6 Å². The summed E-state index contributed by atoms with van der Waals surface area (Å²) in [6.45, 7) is 7.22. The summed E-state index contributed by atoms with van der Waals surface area (Å²) in [5.41, 5.74) is 1.13. The molecule has 0 radical (unpaired) electrons. The molecule has 7 heteroatoms. The number of para-hydroxylation sites is 1. The third-order valence-corrected chi connectivity index (χ3v) is 5.27. The van der Waals surface area contributed by atoms with E-state index in [4.69, 9.17) is 4.74 Å². The Hall–Kier alpha value is -3.35. The predicted octanol–water partition coefficient (Wildman–Crippen LogP) is 4.69. The first-order chi connectivity index (χ1) is 15.4. The zero-order valence-electron chi connectivity index (χ0n) is 18.9. The summed E-state index contributed by atoms with van der Waals surface area (Å²) in [7, 11) is 0. The van der Waals surface area contributed by atoms with Crippen LogP contribution in [0.1, 0.15) is 40.0 Å². The SMILES string of the molecule is CCCOc1ccc(NC(=O)C[C@@H]2C(=O)N(c3ccccc3)C(=O)N2CCC(C)C)cc1. The van der Waals surface area contributed by atoms with Crippen LogP contribution in [0.4, 0.5) is 16.2 Å². The molecule has 1 atom stereocenters. The number of nitrogens with one attached hydrogen (secondary N) is 1. The molecule has 7 nitrogen and oxygen atoms in total. The van der Waals surface area contributed by atoms with Gasteiger partial charge in [0.2, 0.25) is 5.91 Å². The second kappa shape index (κ2) is 10.8. The fourth-order valence-corrected chi connectivity index (χ4v) is 3.54. The Morgan fingerprint density at radius 2 is 1.75 bits per heavy atom. The van der Waals surface area contributed by atoms with Gasteiger partial charge in [0, 0.05) is 12.2 Å². The molecule has 0 spiro atoms. The average Bonchev–Trinajstić information content (AvgIpc) is 3.01. The second-order valence-electron chi connectivity index (χ2n) is 8.31. The molecule has 4 amide bonds. The normalized spacial score (nSPS) is 16.1. The highest BCUT2D eigenvalue weighted by Gasteiger charge is 2.46. The molecule has 1 aliphatic heterocycles. The smallest absolute Gasteiger partial charge is 0.332 e. The minimum Gasteiger partial charge on any atom is -0.494 e. The lowest BCUT2D eigenvalue weighted by Gasteiger charge is -2.22. The highest BCUT2D eigenvalue weighted by molar-refractivity contribution is 6.22. The van der Waals surface area contributed by atoms with Gasteiger partial charge in [-0.1, -0.05) is 39.0 Å². The van der Waals surface area contributed by atoms with Gasteiger partial charge in [-0.25, -0.2) is 9.69 Å². The quantitative estimate of drug-likeness (QED) is 0.547. The van der Waals surface area contributed by atoms with Crippen molar-refractivity contribution in [3.63, 3.8) is 0 Å². The van der Waals surface area contributed by atoms with Crippen LogP contribution >= 0.6 is 0 Å². The van der Waals surface area contributed by atoms with Gasteiger partial charge in [-0.15, -0.1) is 0 Å². The number of benzene rings is 2. The highest BCUT2D eigenvalue weighted by atomic mass is 16.5. The number of carbonyl (C=O) groups excluding carboxylic acids is 3. The van der Waals surface area contributed by atoms with Crippen LogP contribution in [0.25, 0.3) is 0 Å². The van der Waals surface area contributed by atoms with Crippen molar-refractivity contribution in [1.82, 2.24) is 4.90 Å². The number of carbonyl (C=O) groups is 3. The van der Waals surface area contributed by atoms with E-state index in [1.165, 1.54) is 9.80 Å². The molecule has 0 unspecified atom stereocenters. The van der Waals surface area contributed by atoms with Gasteiger partial charge in [0.05, 0.1) is 18.7 Å². The number of anilines is 2. The summed E-state index contributed by atoms with van der Waals surface area (Å²) in [5, 5.41) is 2.82. The van der Waals surface area contributed by atoms with Crippen LogP contribution in [-0.4, -0.2) is 41.9 Å². The van der Waals surface area contributed by atoms with Crippen molar-refractivity contribution >= 4 is 29.2 Å². The minimum absolute atomic E-state index is 0.0971. The van der Waals surface area contributed by atoms with Gasteiger partial charge in [-0.05, 0) is 55.2 Å². The molecule has 0 aromatic heterocycles. The minimum atomic E-state index is -0.825. The Labute approximate surface area is 189 Å². The average molecular weight is 438 g/mol. The van der Waals surface area contributed by atoms with Gasteiger partial charge in [0.1, 0.15) is 11.8 Å². The van der Waals surface area contributed by atoms with Crippen LogP contribution in [0.2, 0.25) is 0 Å². The van der Waals surface area contributed by atoms with Crippen molar-refractivity contribution in [1.29, 1.82) is 0 Å². The van der Waals surface area contributed by atoms with Crippen molar-refractivity contribution in [3.05, 3.63) is 54.6 Å². The number of ether oxygens (including phenoxy) is 1. The summed E-state index contributed by atoms with van der Waals surface area (Å²) < 4.78 is 5.56. The highest BCUT2D eigenvalue weighted by Crippen LogP contribution is 2.28. The molecule has 170 valence electrons. The Kier molecular flexibility index (Phi) is 7.87. The summed E-state index contributed by atoms with van der Waals surface area (Å²) >= 11 is 0. The van der Waals surface area contributed by atoms with E-state index in [9.17, 15) is 14.4 Å². The zero-order valence-corrected chi connectivity index (χ0v) is 18.9. The number of nitrogens with zero attached hydrogens (tertiary/aromatic N) is 2. The predicted molar refractivity (Wildman–Crippen MR) is 125 cm³/mol. The van der Waals surface area contributed by atoms with Crippen LogP contribution in [-0.2, 0) is 9.59 Å². The molecule has 2 aromatic rings. The Balaban J connectivity index is 1.72. The number of imide groups is 1. The second-order valence-corrected chi connectivity index (χ2v) is 8.31. The maximum Gasteiger partial charge on any atom is 0.332 e. The fraction of sp³-hybridized carbons (Fsp3) is 0.400. The molecule has 1 heterocycles. The molecule has 0 bridgehead atoms. The van der Waals surface area contributed by atoms with Crippen molar-refractivity contribution in [2.75, 3.05) is 23.4 Å². The third-order valence-electron chi connectivity index (χ3n) is 5.27. The van der Waals surface area contributed by atoms with Crippen LogP contribution in [0.3, 0.4) is 0 Å². The maximum absolute atomic E-state index is 13.2. The maximum atomic E-state index is 13.2. The van der Waals surface area contributed by atoms with Crippen LogP contribution in [0.5, 0.6) is 5.75 Å². The molecule has 2 aromatic carbocycles. The van der Waals surface area contributed by atoms with Gasteiger partial charge in [0.15, 0.2) is 0 Å². The van der Waals surface area contributed by atoms with E-state index in [-0.39, 0.29) is 24.3 Å². The molecule has 32 heavy (non-hydrogen) atoms. The first kappa shape index (κ1) is 23.3. The number of hydrogen-bond acceptors (Lipinski definition) is 4. The zero-order chi connectivity index (χ0) is 23.1. The number of hydrogen-bond donors (Lipinski definition) is 1. The molecule has 1 aliphatic rings. The lowest BCUT2D eigenvalue weighted by atomic mass is 10.1. The van der Waals surface area contributed by atoms with E-state index < -0.39 is 6.04 Å². The van der Waals surface area contributed by atoms with E-state index in [2.05, 4.69) is 19.2 Å². The van der Waals surface area contributed by atoms with Crippen molar-refractivity contribution in [3.8, 4) is 5.75 Å². The van der Waals surface area contributed by atoms with Crippen molar-refractivity contribution in [2.45, 2.75) is 46.1 Å². The summed E-state index contributed by atoms with van der Waals surface area (Å²) in [4.78, 5) is 41.7. The monoisotopic (exact) mass is 437 g/mol. The molecule has 1 saturated heterocycles. The van der Waals surface area contributed by atoms with Crippen molar-refractivity contribution < 1.29 is 19.1 Å². The topological polar surface area (TPSA) is 79.0 Å². The number of urea groups is 1. The number of rotatable bonds is 10. The summed E-state index contributed by atoms with van der Waals surface area (Å²) in [6, 6.07) is 14.7. The van der Waals surface area contributed by atoms with E-state index in [1.807, 2.05) is 13.0 Å². The lowest BCUT2D eigenvalue weighted by Crippen LogP contribution is -2.39. The third kappa shape index (κ3) is 5.66. The first-order valence-corrected chi connectivity index (χ1v) is 11.1. The van der Waals surface area contributed by atoms with Crippen LogP contribution in [0.15, 0.2) is 54.6 Å². The number of amides is 4. The van der Waals surface area contributed by atoms with Crippen LogP contribution in [0, 0.1) is 5.92 Å². The van der Waals surface area contributed by atoms with E-state index >= 15 is 0 Å². The Bertz CT molecular complexity index is 928. The first-order valence-electron chi connectivity index (χ1n) is 11.1. The van der Waals surface area contributed by atoms with Gasteiger partial charge >= 0.3 is 6.03 Å². The van der Waals surface area contributed by atoms with Crippen LogP contribution < -0.4 is 15.0 Å². The Morgan fingerprint density at radius 3 is 2.38 bits per heavy atom. The largest absolute Gasteiger partial charge is 0.494 e. The molecule has 0 aliphatic carbocycles. The summed E-state index contributed by atoms with van der Waals surface area (Å²) in [5.74, 6) is 0.414. The molecule has 3 rings (SSSR count). The van der Waals surface area contributed by atoms with Gasteiger partial charge < -0.3 is 15.0 Å². The van der Waals surface area contributed by atoms with Crippen molar-refractivity contribution in [2.24, 2.45) is 5.92 Å². The summed E-state index contributed by atoms with van der Waals surface area (Å²) in [6.07, 6.45) is 1.57. The molecule has 1 N–H and O–H groups in total. The fourth-order valence-electron chi connectivity index (χ4n) is 3.54. The molecule has 1 fully saturated rings.